The predicted molar refractivity (Wildman–Crippen MR) is 72.7 cm³/mol. The SMILES string of the molecule is Cc1ccc(Oc2nc(C)cc(C(=O)O)n2)c(Br)c1. The van der Waals surface area contributed by atoms with E-state index in [9.17, 15) is 4.79 Å². The quantitative estimate of drug-likeness (QED) is 0.938. The first-order valence-corrected chi connectivity index (χ1v) is 6.28. The number of carboxylic acid groups (broad SMARTS) is 1. The van der Waals surface area contributed by atoms with Gasteiger partial charge in [0.05, 0.1) is 4.47 Å². The number of carboxylic acids is 1. The molecule has 0 unspecified atom stereocenters. The molecular weight excluding hydrogens is 312 g/mol. The average Bonchev–Trinajstić information content (AvgIpc) is 2.32. The Morgan fingerprint density at radius 1 is 1.26 bits per heavy atom. The van der Waals surface area contributed by atoms with Crippen LogP contribution in [-0.4, -0.2) is 21.0 Å². The summed E-state index contributed by atoms with van der Waals surface area (Å²) in [6.45, 7) is 3.64. The average molecular weight is 323 g/mol. The molecule has 1 N–H and O–H groups in total. The fourth-order valence-electron chi connectivity index (χ4n) is 1.48. The van der Waals surface area contributed by atoms with E-state index in [4.69, 9.17) is 9.84 Å². The highest BCUT2D eigenvalue weighted by molar-refractivity contribution is 9.10. The van der Waals surface area contributed by atoms with Gasteiger partial charge in [-0.05, 0) is 53.5 Å². The van der Waals surface area contributed by atoms with Crippen LogP contribution in [0.3, 0.4) is 0 Å². The molecule has 6 heteroatoms. The lowest BCUT2D eigenvalue weighted by Crippen LogP contribution is -2.04. The molecule has 1 aromatic heterocycles. The van der Waals surface area contributed by atoms with Crippen molar-refractivity contribution in [3.05, 3.63) is 45.7 Å². The van der Waals surface area contributed by atoms with Crippen molar-refractivity contribution in [1.82, 2.24) is 9.97 Å². The van der Waals surface area contributed by atoms with Crippen LogP contribution in [0.15, 0.2) is 28.7 Å². The molecule has 0 bridgehead atoms. The fraction of sp³-hybridized carbons (Fsp3) is 0.154. The largest absolute Gasteiger partial charge is 0.477 e. The van der Waals surface area contributed by atoms with Gasteiger partial charge in [0, 0.05) is 5.69 Å². The van der Waals surface area contributed by atoms with Crippen molar-refractivity contribution in [1.29, 1.82) is 0 Å². The van der Waals surface area contributed by atoms with E-state index in [1.165, 1.54) is 6.07 Å². The molecule has 0 aliphatic carbocycles. The third kappa shape index (κ3) is 3.29. The number of benzene rings is 1. The van der Waals surface area contributed by atoms with Crippen LogP contribution >= 0.6 is 15.9 Å². The maximum Gasteiger partial charge on any atom is 0.354 e. The molecule has 1 heterocycles. The summed E-state index contributed by atoms with van der Waals surface area (Å²) in [5.41, 5.74) is 1.52. The number of aromatic carboxylic acids is 1. The molecule has 0 saturated heterocycles. The number of hydrogen-bond donors (Lipinski definition) is 1. The second-order valence-corrected chi connectivity index (χ2v) is 4.87. The van der Waals surface area contributed by atoms with Crippen LogP contribution in [-0.2, 0) is 0 Å². The van der Waals surface area contributed by atoms with Gasteiger partial charge in [-0.1, -0.05) is 6.07 Å². The second kappa shape index (κ2) is 5.36. The number of rotatable bonds is 3. The number of carbonyl (C=O) groups is 1. The van der Waals surface area contributed by atoms with Gasteiger partial charge in [-0.2, -0.15) is 4.98 Å². The van der Waals surface area contributed by atoms with Gasteiger partial charge in [-0.15, -0.1) is 0 Å². The molecule has 0 radical (unpaired) electrons. The predicted octanol–water partition coefficient (Wildman–Crippen LogP) is 3.35. The van der Waals surface area contributed by atoms with Crippen LogP contribution in [0.25, 0.3) is 0 Å². The summed E-state index contributed by atoms with van der Waals surface area (Å²) in [7, 11) is 0. The van der Waals surface area contributed by atoms with Crippen molar-refractivity contribution in [2.45, 2.75) is 13.8 Å². The van der Waals surface area contributed by atoms with Crippen LogP contribution in [0, 0.1) is 13.8 Å². The van der Waals surface area contributed by atoms with Gasteiger partial charge < -0.3 is 9.84 Å². The molecule has 0 aliphatic heterocycles. The molecule has 98 valence electrons. The molecule has 0 atom stereocenters. The Balaban J connectivity index is 2.35. The van der Waals surface area contributed by atoms with E-state index >= 15 is 0 Å². The molecule has 0 aliphatic rings. The Hall–Kier alpha value is -1.95. The highest BCUT2D eigenvalue weighted by Gasteiger charge is 2.11. The van der Waals surface area contributed by atoms with Crippen molar-refractivity contribution >= 4 is 21.9 Å². The minimum Gasteiger partial charge on any atom is -0.477 e. The Morgan fingerprint density at radius 2 is 2.00 bits per heavy atom. The summed E-state index contributed by atoms with van der Waals surface area (Å²) in [4.78, 5) is 18.8. The molecule has 0 spiro atoms. The molecule has 0 saturated carbocycles. The molecule has 0 fully saturated rings. The molecule has 2 aromatic rings. The zero-order chi connectivity index (χ0) is 14.0. The van der Waals surface area contributed by atoms with Crippen LogP contribution in [0.2, 0.25) is 0 Å². The van der Waals surface area contributed by atoms with E-state index in [1.54, 1.807) is 13.0 Å². The Labute approximate surface area is 118 Å². The maximum atomic E-state index is 10.9. The Bertz CT molecular complexity index is 644. The lowest BCUT2D eigenvalue weighted by molar-refractivity contribution is 0.0689. The summed E-state index contributed by atoms with van der Waals surface area (Å²) in [6.07, 6.45) is 0. The first-order chi connectivity index (χ1) is 8.95. The lowest BCUT2D eigenvalue weighted by Gasteiger charge is -2.07. The van der Waals surface area contributed by atoms with Crippen molar-refractivity contribution in [2.24, 2.45) is 0 Å². The molecule has 0 amide bonds. The van der Waals surface area contributed by atoms with E-state index in [1.807, 2.05) is 19.1 Å². The monoisotopic (exact) mass is 322 g/mol. The molecule has 5 nitrogen and oxygen atoms in total. The number of nitrogens with zero attached hydrogens (tertiary/aromatic N) is 2. The fourth-order valence-corrected chi connectivity index (χ4v) is 2.06. The molecule has 1 aromatic carbocycles. The van der Waals surface area contributed by atoms with Gasteiger partial charge in [-0.25, -0.2) is 9.78 Å². The van der Waals surface area contributed by atoms with Crippen molar-refractivity contribution in [3.63, 3.8) is 0 Å². The summed E-state index contributed by atoms with van der Waals surface area (Å²) >= 11 is 3.37. The zero-order valence-corrected chi connectivity index (χ0v) is 11.9. The summed E-state index contributed by atoms with van der Waals surface area (Å²) in [5, 5.41) is 8.94. The van der Waals surface area contributed by atoms with E-state index in [0.717, 1.165) is 10.0 Å². The van der Waals surface area contributed by atoms with E-state index in [-0.39, 0.29) is 11.7 Å². The standard InChI is InChI=1S/C13H11BrN2O3/c1-7-3-4-11(9(14)5-7)19-13-15-8(2)6-10(16-13)12(17)18/h3-6H,1-2H3,(H,17,18). The minimum absolute atomic E-state index is 0.0157. The number of aryl methyl sites for hydroxylation is 2. The second-order valence-electron chi connectivity index (χ2n) is 4.02. The van der Waals surface area contributed by atoms with Crippen LogP contribution < -0.4 is 4.74 Å². The first kappa shape index (κ1) is 13.5. The van der Waals surface area contributed by atoms with E-state index in [2.05, 4.69) is 25.9 Å². The van der Waals surface area contributed by atoms with Gasteiger partial charge >= 0.3 is 12.0 Å². The van der Waals surface area contributed by atoms with Gasteiger partial charge in [0.25, 0.3) is 0 Å². The van der Waals surface area contributed by atoms with Crippen molar-refractivity contribution in [2.75, 3.05) is 0 Å². The first-order valence-electron chi connectivity index (χ1n) is 5.48. The van der Waals surface area contributed by atoms with E-state index in [0.29, 0.717) is 11.4 Å². The number of aromatic nitrogens is 2. The van der Waals surface area contributed by atoms with E-state index < -0.39 is 5.97 Å². The van der Waals surface area contributed by atoms with Crippen LogP contribution in [0.4, 0.5) is 0 Å². The lowest BCUT2D eigenvalue weighted by atomic mass is 10.2. The van der Waals surface area contributed by atoms with Gasteiger partial charge in [0.2, 0.25) is 0 Å². The molecular formula is C13H11BrN2O3. The number of hydrogen-bond acceptors (Lipinski definition) is 4. The summed E-state index contributed by atoms with van der Waals surface area (Å²) < 4.78 is 6.26. The maximum absolute atomic E-state index is 10.9. The van der Waals surface area contributed by atoms with Crippen LogP contribution in [0.1, 0.15) is 21.7 Å². The smallest absolute Gasteiger partial charge is 0.354 e. The van der Waals surface area contributed by atoms with Gasteiger partial charge in [0.15, 0.2) is 5.69 Å². The number of ether oxygens (including phenoxy) is 1. The summed E-state index contributed by atoms with van der Waals surface area (Å²) in [6, 6.07) is 6.95. The number of halogens is 1. The highest BCUT2D eigenvalue weighted by Crippen LogP contribution is 2.29. The van der Waals surface area contributed by atoms with Crippen molar-refractivity contribution < 1.29 is 14.6 Å². The Kier molecular flexibility index (Phi) is 3.80. The van der Waals surface area contributed by atoms with Crippen molar-refractivity contribution in [3.8, 4) is 11.8 Å². The summed E-state index contributed by atoms with van der Waals surface area (Å²) in [5.74, 6) is -0.578. The topological polar surface area (TPSA) is 72.3 Å². The highest BCUT2D eigenvalue weighted by atomic mass is 79.9. The molecule has 19 heavy (non-hydrogen) atoms. The Morgan fingerprint density at radius 3 is 2.63 bits per heavy atom. The zero-order valence-electron chi connectivity index (χ0n) is 10.3. The van der Waals surface area contributed by atoms with Gasteiger partial charge in [0.1, 0.15) is 5.75 Å². The minimum atomic E-state index is -1.11. The third-order valence-corrected chi connectivity index (χ3v) is 2.96. The molecule has 2 rings (SSSR count). The van der Waals surface area contributed by atoms with Gasteiger partial charge in [-0.3, -0.25) is 0 Å². The normalized spacial score (nSPS) is 10.3. The third-order valence-electron chi connectivity index (χ3n) is 2.34. The van der Waals surface area contributed by atoms with Crippen LogP contribution in [0.5, 0.6) is 11.8 Å².